The highest BCUT2D eigenvalue weighted by molar-refractivity contribution is 5.88. The molecule has 0 rings (SSSR count). The number of carbonyl (C=O) groups is 1. The highest BCUT2D eigenvalue weighted by Gasteiger charge is 2.15. The van der Waals surface area contributed by atoms with E-state index < -0.39 is 5.97 Å². The van der Waals surface area contributed by atoms with Gasteiger partial charge in [-0.3, -0.25) is 4.90 Å². The molecule has 16 heavy (non-hydrogen) atoms. The molecule has 0 amide bonds. The van der Waals surface area contributed by atoms with Crippen LogP contribution in [-0.2, 0) is 9.53 Å². The molecule has 94 valence electrons. The van der Waals surface area contributed by atoms with Crippen molar-refractivity contribution in [3.05, 3.63) is 11.8 Å². The molecule has 0 bridgehead atoms. The van der Waals surface area contributed by atoms with Gasteiger partial charge in [-0.15, -0.1) is 0 Å². The van der Waals surface area contributed by atoms with E-state index in [1.165, 1.54) is 0 Å². The number of hydrogen-bond acceptors (Lipinski definition) is 6. The third-order valence-electron chi connectivity index (χ3n) is 1.92. The maximum absolute atomic E-state index is 11.3. The number of carbonyl (C=O) groups excluding carboxylic acids is 1. The average Bonchev–Trinajstić information content (AvgIpc) is 2.26. The number of nitrogens with zero attached hydrogens (tertiary/aromatic N) is 1. The number of rotatable bonds is 8. The van der Waals surface area contributed by atoms with Gasteiger partial charge in [0.25, 0.3) is 0 Å². The van der Waals surface area contributed by atoms with Crippen LogP contribution < -0.4 is 0 Å². The van der Waals surface area contributed by atoms with Crippen LogP contribution in [0.1, 0.15) is 6.92 Å². The average molecular weight is 233 g/mol. The Morgan fingerprint density at radius 3 is 2.25 bits per heavy atom. The van der Waals surface area contributed by atoms with Gasteiger partial charge < -0.3 is 20.1 Å². The molecule has 0 saturated heterocycles. The van der Waals surface area contributed by atoms with E-state index >= 15 is 0 Å². The summed E-state index contributed by atoms with van der Waals surface area (Å²) < 4.78 is 4.73. The predicted octanol–water partition coefficient (Wildman–Crippen LogP) is -0.722. The standard InChI is InChI=1S/C10H19NO5/c1-2-16-10(15)9(8-14)7-11(3-5-12)4-6-13/h8,12-14H,2-7H2,1H3/b9-8-. The molecule has 6 heteroatoms. The zero-order valence-electron chi connectivity index (χ0n) is 9.43. The third kappa shape index (κ3) is 5.69. The molecule has 0 aliphatic carbocycles. The van der Waals surface area contributed by atoms with Crippen LogP contribution >= 0.6 is 0 Å². The number of hydrogen-bond donors (Lipinski definition) is 3. The summed E-state index contributed by atoms with van der Waals surface area (Å²) in [6.45, 7) is 2.51. The van der Waals surface area contributed by atoms with Crippen LogP contribution in [-0.4, -0.2) is 65.6 Å². The minimum Gasteiger partial charge on any atom is -0.515 e. The summed E-state index contributed by atoms with van der Waals surface area (Å²) in [6, 6.07) is 0. The van der Waals surface area contributed by atoms with Crippen molar-refractivity contribution in [1.29, 1.82) is 0 Å². The molecule has 6 nitrogen and oxygen atoms in total. The highest BCUT2D eigenvalue weighted by Crippen LogP contribution is 2.01. The summed E-state index contributed by atoms with van der Waals surface area (Å²) in [4.78, 5) is 13.0. The first-order valence-corrected chi connectivity index (χ1v) is 5.14. The van der Waals surface area contributed by atoms with Crippen LogP contribution in [0.4, 0.5) is 0 Å². The van der Waals surface area contributed by atoms with E-state index in [9.17, 15) is 4.79 Å². The first-order chi connectivity index (χ1) is 7.69. The predicted molar refractivity (Wildman–Crippen MR) is 58.0 cm³/mol. The fraction of sp³-hybridized carbons (Fsp3) is 0.700. The van der Waals surface area contributed by atoms with Gasteiger partial charge in [0, 0.05) is 19.6 Å². The van der Waals surface area contributed by atoms with Crippen molar-refractivity contribution in [2.75, 3.05) is 39.5 Å². The van der Waals surface area contributed by atoms with Crippen molar-refractivity contribution < 1.29 is 24.9 Å². The topological polar surface area (TPSA) is 90.2 Å². The molecule has 0 aromatic carbocycles. The minimum absolute atomic E-state index is 0.0818. The first kappa shape index (κ1) is 14.9. The normalized spacial score (nSPS) is 11.9. The highest BCUT2D eigenvalue weighted by atomic mass is 16.5. The Morgan fingerprint density at radius 1 is 1.31 bits per heavy atom. The largest absolute Gasteiger partial charge is 0.515 e. The van der Waals surface area contributed by atoms with Crippen LogP contribution in [0.3, 0.4) is 0 Å². The lowest BCUT2D eigenvalue weighted by molar-refractivity contribution is -0.139. The van der Waals surface area contributed by atoms with Crippen LogP contribution in [0, 0.1) is 0 Å². The second-order valence-corrected chi connectivity index (χ2v) is 3.10. The fourth-order valence-electron chi connectivity index (χ4n) is 1.18. The van der Waals surface area contributed by atoms with Crippen molar-refractivity contribution in [2.45, 2.75) is 6.92 Å². The van der Waals surface area contributed by atoms with Gasteiger partial charge in [0.2, 0.25) is 0 Å². The smallest absolute Gasteiger partial charge is 0.338 e. The second-order valence-electron chi connectivity index (χ2n) is 3.10. The van der Waals surface area contributed by atoms with E-state index in [1.54, 1.807) is 11.8 Å². The summed E-state index contributed by atoms with van der Waals surface area (Å²) in [5.74, 6) is -0.592. The maximum Gasteiger partial charge on any atom is 0.338 e. The zero-order valence-corrected chi connectivity index (χ0v) is 9.43. The van der Waals surface area contributed by atoms with Gasteiger partial charge >= 0.3 is 5.97 Å². The van der Waals surface area contributed by atoms with Crippen LogP contribution in [0.25, 0.3) is 0 Å². The molecule has 3 N–H and O–H groups in total. The van der Waals surface area contributed by atoms with E-state index in [0.717, 1.165) is 0 Å². The van der Waals surface area contributed by atoms with E-state index in [0.29, 0.717) is 19.4 Å². The van der Waals surface area contributed by atoms with E-state index in [4.69, 9.17) is 20.1 Å². The lowest BCUT2D eigenvalue weighted by Gasteiger charge is -2.20. The quantitative estimate of drug-likeness (QED) is 0.291. The fourth-order valence-corrected chi connectivity index (χ4v) is 1.18. The van der Waals surface area contributed by atoms with Crippen molar-refractivity contribution in [1.82, 2.24) is 4.90 Å². The minimum atomic E-state index is -0.592. The summed E-state index contributed by atoms with van der Waals surface area (Å²) in [6.07, 6.45) is 0.694. The molecule has 0 aliphatic rings. The Hall–Kier alpha value is -1.11. The molecule has 0 atom stereocenters. The molecule has 0 saturated carbocycles. The first-order valence-electron chi connectivity index (χ1n) is 5.14. The van der Waals surface area contributed by atoms with Gasteiger partial charge in [0.15, 0.2) is 0 Å². The molecule has 0 fully saturated rings. The third-order valence-corrected chi connectivity index (χ3v) is 1.92. The Labute approximate surface area is 94.8 Å². The molecular weight excluding hydrogens is 214 g/mol. The lowest BCUT2D eigenvalue weighted by atomic mass is 10.2. The van der Waals surface area contributed by atoms with Crippen molar-refractivity contribution in [3.8, 4) is 0 Å². The van der Waals surface area contributed by atoms with Crippen molar-refractivity contribution in [2.24, 2.45) is 0 Å². The Balaban J connectivity index is 4.31. The number of esters is 1. The van der Waals surface area contributed by atoms with Gasteiger partial charge in [-0.05, 0) is 6.92 Å². The van der Waals surface area contributed by atoms with Crippen LogP contribution in [0.5, 0.6) is 0 Å². The Kier molecular flexibility index (Phi) is 8.51. The summed E-state index contributed by atoms with van der Waals surface area (Å²) in [5, 5.41) is 26.4. The van der Waals surface area contributed by atoms with E-state index in [1.807, 2.05) is 0 Å². The summed E-state index contributed by atoms with van der Waals surface area (Å²) >= 11 is 0. The number of aliphatic hydroxyl groups excluding tert-OH is 3. The lowest BCUT2D eigenvalue weighted by Crippen LogP contribution is -2.33. The van der Waals surface area contributed by atoms with E-state index in [2.05, 4.69) is 0 Å². The Bertz CT molecular complexity index is 223. The number of ether oxygens (including phenoxy) is 1. The second kappa shape index (κ2) is 9.14. The molecule has 0 aromatic heterocycles. The molecular formula is C10H19NO5. The molecule has 0 spiro atoms. The van der Waals surface area contributed by atoms with Gasteiger partial charge in [0.05, 0.1) is 31.7 Å². The van der Waals surface area contributed by atoms with Gasteiger partial charge in [-0.1, -0.05) is 0 Å². The zero-order chi connectivity index (χ0) is 12.4. The van der Waals surface area contributed by atoms with Gasteiger partial charge in [-0.25, -0.2) is 4.79 Å². The summed E-state index contributed by atoms with van der Waals surface area (Å²) in [7, 11) is 0. The van der Waals surface area contributed by atoms with Gasteiger partial charge in [-0.2, -0.15) is 0 Å². The SMILES string of the molecule is CCOC(=O)/C(=C\O)CN(CCO)CCO. The van der Waals surface area contributed by atoms with Crippen molar-refractivity contribution in [3.63, 3.8) is 0 Å². The Morgan fingerprint density at radius 2 is 1.88 bits per heavy atom. The van der Waals surface area contributed by atoms with Gasteiger partial charge in [0.1, 0.15) is 0 Å². The summed E-state index contributed by atoms with van der Waals surface area (Å²) in [5.41, 5.74) is 0.101. The van der Waals surface area contributed by atoms with E-state index in [-0.39, 0.29) is 31.9 Å². The van der Waals surface area contributed by atoms with Crippen LogP contribution in [0.2, 0.25) is 0 Å². The molecule has 0 aliphatic heterocycles. The molecule has 0 unspecified atom stereocenters. The maximum atomic E-state index is 11.3. The molecule has 0 radical (unpaired) electrons. The van der Waals surface area contributed by atoms with Crippen molar-refractivity contribution >= 4 is 5.97 Å². The molecule has 0 aromatic rings. The monoisotopic (exact) mass is 233 g/mol. The molecule has 0 heterocycles. The van der Waals surface area contributed by atoms with Crippen LogP contribution in [0.15, 0.2) is 11.8 Å². The number of aliphatic hydroxyl groups is 3.